The van der Waals surface area contributed by atoms with Crippen LogP contribution in [0.2, 0.25) is 0 Å². The van der Waals surface area contributed by atoms with Crippen molar-refractivity contribution in [1.29, 1.82) is 0 Å². The van der Waals surface area contributed by atoms with Crippen molar-refractivity contribution in [3.05, 3.63) is 96.1 Å². The molecule has 154 valence electrons. The Morgan fingerprint density at radius 3 is 2.10 bits per heavy atom. The summed E-state index contributed by atoms with van der Waals surface area (Å²) in [7, 11) is 1.69. The van der Waals surface area contributed by atoms with Gasteiger partial charge in [-0.25, -0.2) is 0 Å². The monoisotopic (exact) mass is 400 g/mol. The molecule has 1 aliphatic heterocycles. The summed E-state index contributed by atoms with van der Waals surface area (Å²) < 4.78 is 5.61. The fraction of sp³-hybridized carbons (Fsp3) is 0.269. The molecule has 0 spiro atoms. The van der Waals surface area contributed by atoms with Gasteiger partial charge in [-0.05, 0) is 23.8 Å². The van der Waals surface area contributed by atoms with Crippen molar-refractivity contribution in [1.82, 2.24) is 4.90 Å². The summed E-state index contributed by atoms with van der Waals surface area (Å²) >= 11 is 0. The van der Waals surface area contributed by atoms with E-state index in [4.69, 9.17) is 4.74 Å². The highest BCUT2D eigenvalue weighted by Gasteiger charge is 2.26. The maximum absolute atomic E-state index is 13.3. The van der Waals surface area contributed by atoms with Crippen LogP contribution in [0.5, 0.6) is 5.75 Å². The number of carbonyl (C=O) groups excluding carboxylic acids is 1. The fourth-order valence-electron chi connectivity index (χ4n) is 4.20. The number of piperazine rings is 1. The Labute approximate surface area is 178 Å². The molecule has 0 aromatic heterocycles. The van der Waals surface area contributed by atoms with Crippen molar-refractivity contribution in [3.8, 4) is 5.75 Å². The van der Waals surface area contributed by atoms with Crippen LogP contribution in [0.15, 0.2) is 84.9 Å². The third-order valence-corrected chi connectivity index (χ3v) is 5.85. The molecule has 30 heavy (non-hydrogen) atoms. The first-order valence-electron chi connectivity index (χ1n) is 10.5. The average molecular weight is 401 g/mol. The van der Waals surface area contributed by atoms with E-state index in [1.165, 1.54) is 5.69 Å². The van der Waals surface area contributed by atoms with Gasteiger partial charge in [-0.1, -0.05) is 66.7 Å². The number of anilines is 1. The summed E-state index contributed by atoms with van der Waals surface area (Å²) in [4.78, 5) is 17.6. The van der Waals surface area contributed by atoms with Crippen LogP contribution < -0.4 is 9.64 Å². The van der Waals surface area contributed by atoms with Crippen LogP contribution in [0.25, 0.3) is 0 Å². The lowest BCUT2D eigenvalue weighted by atomic mass is 9.87. The normalized spacial score (nSPS) is 15.0. The van der Waals surface area contributed by atoms with Crippen LogP contribution in [-0.4, -0.2) is 44.1 Å². The summed E-state index contributed by atoms with van der Waals surface area (Å²) in [5, 5.41) is 0. The van der Waals surface area contributed by atoms with Crippen molar-refractivity contribution in [2.75, 3.05) is 38.2 Å². The molecule has 0 aliphatic carbocycles. The Kier molecular flexibility index (Phi) is 6.33. The van der Waals surface area contributed by atoms with Gasteiger partial charge in [0.2, 0.25) is 5.91 Å². The zero-order valence-electron chi connectivity index (χ0n) is 17.4. The molecule has 3 aromatic carbocycles. The topological polar surface area (TPSA) is 32.8 Å². The SMILES string of the molecule is COc1ccccc1C(CC(=O)N1CCN(c2ccccc2)CC1)c1ccccc1. The molecule has 1 unspecified atom stereocenters. The first kappa shape index (κ1) is 20.0. The molecule has 4 rings (SSSR count). The highest BCUT2D eigenvalue weighted by Crippen LogP contribution is 2.34. The molecule has 1 aliphatic rings. The first-order chi connectivity index (χ1) is 14.8. The van der Waals surface area contributed by atoms with Crippen LogP contribution in [0, 0.1) is 0 Å². The van der Waals surface area contributed by atoms with E-state index in [1.807, 2.05) is 47.4 Å². The van der Waals surface area contributed by atoms with Crippen LogP contribution in [-0.2, 0) is 4.79 Å². The van der Waals surface area contributed by atoms with Gasteiger partial charge in [0, 0.05) is 49.8 Å². The van der Waals surface area contributed by atoms with Crippen molar-refractivity contribution < 1.29 is 9.53 Å². The quantitative estimate of drug-likeness (QED) is 0.608. The molecular formula is C26H28N2O2. The van der Waals surface area contributed by atoms with Crippen molar-refractivity contribution in [2.45, 2.75) is 12.3 Å². The molecule has 1 amide bonds. The highest BCUT2D eigenvalue weighted by molar-refractivity contribution is 5.78. The molecule has 4 heteroatoms. The lowest BCUT2D eigenvalue weighted by Crippen LogP contribution is -2.49. The van der Waals surface area contributed by atoms with Gasteiger partial charge in [-0.2, -0.15) is 0 Å². The van der Waals surface area contributed by atoms with Crippen LogP contribution in [0.3, 0.4) is 0 Å². The Balaban J connectivity index is 1.49. The second kappa shape index (κ2) is 9.49. The number of rotatable bonds is 6. The van der Waals surface area contributed by atoms with E-state index in [1.54, 1.807) is 7.11 Å². The number of hydrogen-bond acceptors (Lipinski definition) is 3. The molecule has 1 atom stereocenters. The zero-order chi connectivity index (χ0) is 20.8. The maximum Gasteiger partial charge on any atom is 0.223 e. The largest absolute Gasteiger partial charge is 0.496 e. The molecule has 3 aromatic rings. The summed E-state index contributed by atoms with van der Waals surface area (Å²) in [5.74, 6) is 0.998. The van der Waals surface area contributed by atoms with E-state index in [0.29, 0.717) is 6.42 Å². The molecule has 0 saturated carbocycles. The molecule has 0 radical (unpaired) electrons. The minimum absolute atomic E-state index is 0.0259. The maximum atomic E-state index is 13.3. The minimum Gasteiger partial charge on any atom is -0.496 e. The molecule has 1 fully saturated rings. The number of benzene rings is 3. The molecule has 4 nitrogen and oxygen atoms in total. The third-order valence-electron chi connectivity index (χ3n) is 5.85. The van der Waals surface area contributed by atoms with Gasteiger partial charge in [-0.15, -0.1) is 0 Å². The van der Waals surface area contributed by atoms with Gasteiger partial charge in [-0.3, -0.25) is 4.79 Å². The molecule has 1 saturated heterocycles. The van der Waals surface area contributed by atoms with Crippen LogP contribution in [0.1, 0.15) is 23.5 Å². The summed E-state index contributed by atoms with van der Waals surface area (Å²) in [6.07, 6.45) is 0.440. The van der Waals surface area contributed by atoms with Crippen molar-refractivity contribution >= 4 is 11.6 Å². The summed E-state index contributed by atoms with van der Waals surface area (Å²) in [6.45, 7) is 3.23. The summed E-state index contributed by atoms with van der Waals surface area (Å²) in [6, 6.07) is 28.7. The van der Waals surface area contributed by atoms with Gasteiger partial charge in [0.1, 0.15) is 5.75 Å². The zero-order valence-corrected chi connectivity index (χ0v) is 17.4. The van der Waals surface area contributed by atoms with E-state index in [-0.39, 0.29) is 11.8 Å². The Hall–Kier alpha value is -3.27. The lowest BCUT2D eigenvalue weighted by molar-refractivity contribution is -0.131. The van der Waals surface area contributed by atoms with Gasteiger partial charge in [0.15, 0.2) is 0 Å². The van der Waals surface area contributed by atoms with E-state index in [0.717, 1.165) is 43.1 Å². The molecular weight excluding hydrogens is 372 g/mol. The predicted molar refractivity (Wildman–Crippen MR) is 121 cm³/mol. The Morgan fingerprint density at radius 2 is 1.43 bits per heavy atom. The number of para-hydroxylation sites is 2. The molecule has 0 N–H and O–H groups in total. The number of hydrogen-bond donors (Lipinski definition) is 0. The average Bonchev–Trinajstić information content (AvgIpc) is 2.83. The fourth-order valence-corrected chi connectivity index (χ4v) is 4.20. The number of amides is 1. The van der Waals surface area contributed by atoms with Crippen molar-refractivity contribution in [2.24, 2.45) is 0 Å². The van der Waals surface area contributed by atoms with Crippen LogP contribution >= 0.6 is 0 Å². The lowest BCUT2D eigenvalue weighted by Gasteiger charge is -2.36. The smallest absolute Gasteiger partial charge is 0.223 e. The summed E-state index contributed by atoms with van der Waals surface area (Å²) in [5.41, 5.74) is 3.42. The van der Waals surface area contributed by atoms with E-state index >= 15 is 0 Å². The van der Waals surface area contributed by atoms with E-state index < -0.39 is 0 Å². The van der Waals surface area contributed by atoms with E-state index in [9.17, 15) is 4.79 Å². The van der Waals surface area contributed by atoms with Gasteiger partial charge in [0.25, 0.3) is 0 Å². The minimum atomic E-state index is -0.0259. The highest BCUT2D eigenvalue weighted by atomic mass is 16.5. The number of ether oxygens (including phenoxy) is 1. The standard InChI is InChI=1S/C26H28N2O2/c1-30-25-15-9-8-14-23(25)24(21-10-4-2-5-11-21)20-26(29)28-18-16-27(17-19-28)22-12-6-3-7-13-22/h2-15,24H,16-20H2,1H3. The second-order valence-corrected chi connectivity index (χ2v) is 7.61. The van der Waals surface area contributed by atoms with Gasteiger partial charge in [0.05, 0.1) is 7.11 Å². The molecule has 0 bridgehead atoms. The van der Waals surface area contributed by atoms with Gasteiger partial charge >= 0.3 is 0 Å². The number of nitrogens with zero attached hydrogens (tertiary/aromatic N) is 2. The van der Waals surface area contributed by atoms with Gasteiger partial charge < -0.3 is 14.5 Å². The second-order valence-electron chi connectivity index (χ2n) is 7.61. The number of carbonyl (C=O) groups is 1. The Morgan fingerprint density at radius 1 is 0.833 bits per heavy atom. The predicted octanol–water partition coefficient (Wildman–Crippen LogP) is 4.57. The molecule has 1 heterocycles. The van der Waals surface area contributed by atoms with Crippen LogP contribution in [0.4, 0.5) is 5.69 Å². The van der Waals surface area contributed by atoms with Crippen molar-refractivity contribution in [3.63, 3.8) is 0 Å². The first-order valence-corrected chi connectivity index (χ1v) is 10.5. The number of methoxy groups -OCH3 is 1. The Bertz CT molecular complexity index is 951. The third kappa shape index (κ3) is 4.48. The van der Waals surface area contributed by atoms with E-state index in [2.05, 4.69) is 47.4 Å².